The summed E-state index contributed by atoms with van der Waals surface area (Å²) in [6.45, 7) is 0. The zero-order valence-electron chi connectivity index (χ0n) is 8.53. The van der Waals surface area contributed by atoms with Gasteiger partial charge in [0.25, 0.3) is 0 Å². The number of aromatic nitrogens is 2. The van der Waals surface area contributed by atoms with E-state index in [0.29, 0.717) is 23.4 Å². The number of aldehydes is 1. The van der Waals surface area contributed by atoms with Gasteiger partial charge in [-0.3, -0.25) is 4.79 Å². The van der Waals surface area contributed by atoms with Gasteiger partial charge in [-0.1, -0.05) is 0 Å². The van der Waals surface area contributed by atoms with E-state index in [0.717, 1.165) is 0 Å². The third-order valence-corrected chi connectivity index (χ3v) is 2.15. The molecule has 1 N–H and O–H groups in total. The summed E-state index contributed by atoms with van der Waals surface area (Å²) >= 11 is 0. The Kier molecular flexibility index (Phi) is 2.68. The molecule has 2 aromatic rings. The summed E-state index contributed by atoms with van der Waals surface area (Å²) in [6.07, 6.45) is 2.08. The van der Waals surface area contributed by atoms with Crippen LogP contribution in [0.25, 0.3) is 11.4 Å². The third kappa shape index (κ3) is 1.79. The molecule has 0 aliphatic rings. The van der Waals surface area contributed by atoms with E-state index in [9.17, 15) is 9.18 Å². The molecule has 0 aliphatic heterocycles. The molecule has 0 amide bonds. The van der Waals surface area contributed by atoms with Crippen LogP contribution >= 0.6 is 0 Å². The van der Waals surface area contributed by atoms with Gasteiger partial charge in [-0.2, -0.15) is 0 Å². The average Bonchev–Trinajstić information content (AvgIpc) is 2.78. The Bertz CT molecular complexity index is 522. The third-order valence-electron chi connectivity index (χ3n) is 2.15. The minimum Gasteiger partial charge on any atom is -0.494 e. The van der Waals surface area contributed by atoms with E-state index in [1.54, 1.807) is 6.07 Å². The summed E-state index contributed by atoms with van der Waals surface area (Å²) in [5.41, 5.74) is 1.03. The van der Waals surface area contributed by atoms with Crippen molar-refractivity contribution in [3.05, 3.63) is 35.9 Å². The Morgan fingerprint density at radius 1 is 1.50 bits per heavy atom. The number of ether oxygens (including phenoxy) is 1. The van der Waals surface area contributed by atoms with Gasteiger partial charge in [-0.05, 0) is 18.2 Å². The highest BCUT2D eigenvalue weighted by atomic mass is 19.1. The highest BCUT2D eigenvalue weighted by Crippen LogP contribution is 2.24. The maximum Gasteiger partial charge on any atom is 0.167 e. The fourth-order valence-corrected chi connectivity index (χ4v) is 1.35. The van der Waals surface area contributed by atoms with Crippen molar-refractivity contribution in [3.63, 3.8) is 0 Å². The Labute approximate surface area is 91.1 Å². The predicted molar refractivity (Wildman–Crippen MR) is 55.9 cm³/mol. The summed E-state index contributed by atoms with van der Waals surface area (Å²) in [5, 5.41) is 0. The van der Waals surface area contributed by atoms with Crippen LogP contribution in [0.15, 0.2) is 24.4 Å². The number of nitrogens with one attached hydrogen (secondary N) is 1. The zero-order chi connectivity index (χ0) is 11.5. The molecule has 4 nitrogen and oxygen atoms in total. The molecule has 16 heavy (non-hydrogen) atoms. The summed E-state index contributed by atoms with van der Waals surface area (Å²) in [4.78, 5) is 17.3. The van der Waals surface area contributed by atoms with Crippen molar-refractivity contribution < 1.29 is 13.9 Å². The predicted octanol–water partition coefficient (Wildman–Crippen LogP) is 2.04. The van der Waals surface area contributed by atoms with Crippen LogP contribution in [0.3, 0.4) is 0 Å². The number of aromatic amines is 1. The van der Waals surface area contributed by atoms with Crippen molar-refractivity contribution in [2.24, 2.45) is 0 Å². The van der Waals surface area contributed by atoms with Crippen molar-refractivity contribution >= 4 is 6.29 Å². The minimum atomic E-state index is -0.437. The highest BCUT2D eigenvalue weighted by Gasteiger charge is 2.07. The van der Waals surface area contributed by atoms with Crippen molar-refractivity contribution in [2.75, 3.05) is 7.11 Å². The van der Waals surface area contributed by atoms with Crippen molar-refractivity contribution in [3.8, 4) is 17.1 Å². The van der Waals surface area contributed by atoms with Gasteiger partial charge >= 0.3 is 0 Å². The standard InChI is InChI=1S/C11H9FN2O2/c1-16-10-4-7(2-3-9(10)12)11-13-5-8(6-15)14-11/h2-6H,1H3,(H,13,14). The van der Waals surface area contributed by atoms with Crippen LogP contribution in [0.4, 0.5) is 4.39 Å². The van der Waals surface area contributed by atoms with Gasteiger partial charge in [0.15, 0.2) is 17.9 Å². The van der Waals surface area contributed by atoms with E-state index >= 15 is 0 Å². The van der Waals surface area contributed by atoms with E-state index in [-0.39, 0.29) is 5.75 Å². The second-order valence-corrected chi connectivity index (χ2v) is 3.15. The first-order chi connectivity index (χ1) is 7.74. The minimum absolute atomic E-state index is 0.140. The number of H-pyrrole nitrogens is 1. The number of methoxy groups -OCH3 is 1. The van der Waals surface area contributed by atoms with Crippen molar-refractivity contribution in [1.29, 1.82) is 0 Å². The highest BCUT2D eigenvalue weighted by molar-refractivity contribution is 5.73. The molecule has 0 saturated carbocycles. The Hall–Kier alpha value is -2.17. The molecule has 2 rings (SSSR count). The van der Waals surface area contributed by atoms with Crippen LogP contribution in [0.5, 0.6) is 5.75 Å². The quantitative estimate of drug-likeness (QED) is 0.805. The fourth-order valence-electron chi connectivity index (χ4n) is 1.35. The summed E-state index contributed by atoms with van der Waals surface area (Å²) < 4.78 is 18.0. The average molecular weight is 220 g/mol. The van der Waals surface area contributed by atoms with Crippen molar-refractivity contribution in [1.82, 2.24) is 9.97 Å². The number of carbonyl (C=O) groups is 1. The van der Waals surface area contributed by atoms with Crippen molar-refractivity contribution in [2.45, 2.75) is 0 Å². The second-order valence-electron chi connectivity index (χ2n) is 3.15. The lowest BCUT2D eigenvalue weighted by Gasteiger charge is -2.03. The fraction of sp³-hybridized carbons (Fsp3) is 0.0909. The summed E-state index contributed by atoms with van der Waals surface area (Å²) in [5.74, 6) is 0.204. The first-order valence-electron chi connectivity index (χ1n) is 4.58. The molecule has 0 fully saturated rings. The molecular formula is C11H9FN2O2. The number of rotatable bonds is 3. The molecule has 5 heteroatoms. The lowest BCUT2D eigenvalue weighted by Crippen LogP contribution is -1.89. The first kappa shape index (κ1) is 10.4. The molecule has 0 radical (unpaired) electrons. The van der Waals surface area contributed by atoms with Gasteiger partial charge in [0, 0.05) is 5.56 Å². The van der Waals surface area contributed by atoms with Gasteiger partial charge in [-0.15, -0.1) is 0 Å². The molecule has 0 spiro atoms. The number of nitrogens with zero attached hydrogens (tertiary/aromatic N) is 1. The van der Waals surface area contributed by atoms with Gasteiger partial charge in [0.1, 0.15) is 5.82 Å². The number of benzene rings is 1. The number of carbonyl (C=O) groups excluding carboxylic acids is 1. The molecule has 1 aromatic carbocycles. The Morgan fingerprint density at radius 3 is 2.94 bits per heavy atom. The maximum atomic E-state index is 13.1. The van der Waals surface area contributed by atoms with E-state index in [1.165, 1.54) is 25.4 Å². The topological polar surface area (TPSA) is 55.0 Å². The maximum absolute atomic E-state index is 13.1. The first-order valence-corrected chi connectivity index (χ1v) is 4.58. The monoisotopic (exact) mass is 220 g/mol. The van der Waals surface area contributed by atoms with Crippen LogP contribution in [-0.2, 0) is 0 Å². The number of halogens is 1. The lowest BCUT2D eigenvalue weighted by molar-refractivity contribution is 0.111. The molecule has 0 bridgehead atoms. The molecule has 0 unspecified atom stereocenters. The van der Waals surface area contributed by atoms with Crippen LogP contribution in [0.2, 0.25) is 0 Å². The van der Waals surface area contributed by atoms with Crippen LogP contribution < -0.4 is 4.74 Å². The van der Waals surface area contributed by atoms with E-state index in [1.807, 2.05) is 0 Å². The second kappa shape index (κ2) is 4.14. The molecule has 0 aliphatic carbocycles. The smallest absolute Gasteiger partial charge is 0.167 e. The summed E-state index contributed by atoms with van der Waals surface area (Å²) in [7, 11) is 1.39. The summed E-state index contributed by atoms with van der Waals surface area (Å²) in [6, 6.07) is 4.37. The molecule has 82 valence electrons. The van der Waals surface area contributed by atoms with Gasteiger partial charge in [0.05, 0.1) is 19.0 Å². The number of hydrogen-bond donors (Lipinski definition) is 1. The van der Waals surface area contributed by atoms with E-state index < -0.39 is 5.82 Å². The van der Waals surface area contributed by atoms with Crippen LogP contribution in [0, 0.1) is 5.82 Å². The Morgan fingerprint density at radius 2 is 2.31 bits per heavy atom. The van der Waals surface area contributed by atoms with Gasteiger partial charge in [-0.25, -0.2) is 9.37 Å². The molecule has 1 heterocycles. The zero-order valence-corrected chi connectivity index (χ0v) is 8.53. The molecule has 0 saturated heterocycles. The number of imidazole rings is 1. The lowest BCUT2D eigenvalue weighted by atomic mass is 10.2. The molecule has 1 aromatic heterocycles. The molecule has 0 atom stereocenters. The number of hydrogen-bond acceptors (Lipinski definition) is 3. The van der Waals surface area contributed by atoms with E-state index in [2.05, 4.69) is 9.97 Å². The van der Waals surface area contributed by atoms with Gasteiger partial charge < -0.3 is 9.72 Å². The van der Waals surface area contributed by atoms with E-state index in [4.69, 9.17) is 4.74 Å². The largest absolute Gasteiger partial charge is 0.494 e. The SMILES string of the molecule is COc1cc(-c2ncc(C=O)[nH]2)ccc1F. The normalized spacial score (nSPS) is 10.1. The van der Waals surface area contributed by atoms with Crippen LogP contribution in [0.1, 0.15) is 10.5 Å². The van der Waals surface area contributed by atoms with Crippen LogP contribution in [-0.4, -0.2) is 23.4 Å². The van der Waals surface area contributed by atoms with Gasteiger partial charge in [0.2, 0.25) is 0 Å². The molecular weight excluding hydrogens is 211 g/mol. The Balaban J connectivity index is 2.43.